The Balaban J connectivity index is 1.82. The molecule has 0 saturated heterocycles. The second-order valence-electron chi connectivity index (χ2n) is 6.03. The average Bonchev–Trinajstić information content (AvgIpc) is 2.39. The molecular formula is C14H24N2O3. The lowest BCUT2D eigenvalue weighted by molar-refractivity contribution is -0.143. The number of nitrogens with two attached hydrogens (primary N) is 1. The molecule has 0 heterocycles. The first-order valence-corrected chi connectivity index (χ1v) is 7.35. The minimum Gasteiger partial charge on any atom is -0.481 e. The molecule has 2 rings (SSSR count). The lowest BCUT2D eigenvalue weighted by Crippen LogP contribution is -2.44. The van der Waals surface area contributed by atoms with Crippen molar-refractivity contribution < 1.29 is 14.7 Å². The smallest absolute Gasteiger partial charge is 0.306 e. The highest BCUT2D eigenvalue weighted by Crippen LogP contribution is 2.27. The van der Waals surface area contributed by atoms with Gasteiger partial charge in [-0.1, -0.05) is 12.8 Å². The zero-order chi connectivity index (χ0) is 13.8. The molecule has 0 bridgehead atoms. The van der Waals surface area contributed by atoms with E-state index in [1.165, 1.54) is 0 Å². The van der Waals surface area contributed by atoms with Crippen LogP contribution in [0.4, 0.5) is 0 Å². The maximum atomic E-state index is 12.2. The Kier molecular flexibility index (Phi) is 4.80. The van der Waals surface area contributed by atoms with E-state index in [2.05, 4.69) is 5.32 Å². The Morgan fingerprint density at radius 2 is 1.68 bits per heavy atom. The molecule has 5 heteroatoms. The zero-order valence-corrected chi connectivity index (χ0v) is 11.3. The molecule has 2 aliphatic carbocycles. The highest BCUT2D eigenvalue weighted by molar-refractivity contribution is 5.79. The van der Waals surface area contributed by atoms with Crippen molar-refractivity contribution >= 4 is 11.9 Å². The Hall–Kier alpha value is -1.10. The molecule has 0 spiro atoms. The second-order valence-corrected chi connectivity index (χ2v) is 6.03. The molecule has 5 nitrogen and oxygen atoms in total. The van der Waals surface area contributed by atoms with Crippen molar-refractivity contribution in [3.8, 4) is 0 Å². The van der Waals surface area contributed by atoms with Crippen LogP contribution >= 0.6 is 0 Å². The van der Waals surface area contributed by atoms with Gasteiger partial charge in [0.25, 0.3) is 0 Å². The van der Waals surface area contributed by atoms with Crippen LogP contribution < -0.4 is 11.1 Å². The van der Waals surface area contributed by atoms with E-state index in [9.17, 15) is 9.59 Å². The van der Waals surface area contributed by atoms with Crippen LogP contribution in [0.2, 0.25) is 0 Å². The summed E-state index contributed by atoms with van der Waals surface area (Å²) in [4.78, 5) is 23.2. The third-order valence-corrected chi connectivity index (χ3v) is 4.46. The van der Waals surface area contributed by atoms with E-state index in [1.807, 2.05) is 0 Å². The lowest BCUT2D eigenvalue weighted by atomic mass is 9.83. The molecule has 2 aliphatic rings. The molecule has 2 fully saturated rings. The fourth-order valence-corrected chi connectivity index (χ4v) is 3.33. The fourth-order valence-electron chi connectivity index (χ4n) is 3.33. The molecule has 0 radical (unpaired) electrons. The summed E-state index contributed by atoms with van der Waals surface area (Å²) in [6, 6.07) is 0.170. The summed E-state index contributed by atoms with van der Waals surface area (Å²) in [7, 11) is 0. The van der Waals surface area contributed by atoms with Crippen molar-refractivity contribution in [3.63, 3.8) is 0 Å². The van der Waals surface area contributed by atoms with Crippen molar-refractivity contribution in [1.82, 2.24) is 5.32 Å². The van der Waals surface area contributed by atoms with Crippen molar-refractivity contribution in [1.29, 1.82) is 0 Å². The second kappa shape index (κ2) is 6.37. The van der Waals surface area contributed by atoms with Crippen LogP contribution in [-0.2, 0) is 9.59 Å². The molecule has 4 atom stereocenters. The Labute approximate surface area is 113 Å². The van der Waals surface area contributed by atoms with Crippen molar-refractivity contribution in [3.05, 3.63) is 0 Å². The summed E-state index contributed by atoms with van der Waals surface area (Å²) in [5.74, 6) is -0.938. The van der Waals surface area contributed by atoms with E-state index in [1.54, 1.807) is 0 Å². The Morgan fingerprint density at radius 3 is 2.37 bits per heavy atom. The molecule has 2 saturated carbocycles. The van der Waals surface area contributed by atoms with Gasteiger partial charge in [0.05, 0.1) is 5.92 Å². The first-order valence-electron chi connectivity index (χ1n) is 7.35. The molecule has 0 aromatic rings. The summed E-state index contributed by atoms with van der Waals surface area (Å²) in [5, 5.41) is 12.1. The molecule has 0 aliphatic heterocycles. The van der Waals surface area contributed by atoms with E-state index in [0.29, 0.717) is 6.42 Å². The van der Waals surface area contributed by atoms with Crippen molar-refractivity contribution in [2.75, 3.05) is 0 Å². The summed E-state index contributed by atoms with van der Waals surface area (Å²) in [6.07, 6.45) is 6.78. The number of amides is 1. The van der Waals surface area contributed by atoms with E-state index in [0.717, 1.165) is 44.9 Å². The largest absolute Gasteiger partial charge is 0.481 e. The minimum absolute atomic E-state index is 0.0222. The van der Waals surface area contributed by atoms with Gasteiger partial charge >= 0.3 is 5.97 Å². The number of carbonyl (C=O) groups is 2. The topological polar surface area (TPSA) is 92.4 Å². The zero-order valence-electron chi connectivity index (χ0n) is 11.3. The molecule has 1 amide bonds. The van der Waals surface area contributed by atoms with Gasteiger partial charge in [-0.05, 0) is 38.5 Å². The number of rotatable bonds is 3. The van der Waals surface area contributed by atoms with Gasteiger partial charge in [0.2, 0.25) is 5.91 Å². The van der Waals surface area contributed by atoms with Gasteiger partial charge in [0, 0.05) is 18.0 Å². The molecule has 0 aromatic heterocycles. The summed E-state index contributed by atoms with van der Waals surface area (Å²) < 4.78 is 0. The van der Waals surface area contributed by atoms with Crippen LogP contribution in [0.1, 0.15) is 51.4 Å². The number of carboxylic acid groups (broad SMARTS) is 1. The van der Waals surface area contributed by atoms with Gasteiger partial charge in [0.15, 0.2) is 0 Å². The predicted octanol–water partition coefficient (Wildman–Crippen LogP) is 1.26. The van der Waals surface area contributed by atoms with Crippen LogP contribution in [-0.4, -0.2) is 29.1 Å². The first kappa shape index (κ1) is 14.3. The van der Waals surface area contributed by atoms with Crippen LogP contribution in [0.25, 0.3) is 0 Å². The highest BCUT2D eigenvalue weighted by atomic mass is 16.4. The standard InChI is InChI=1S/C14H24N2O3/c15-11-5-1-3-9(7-11)13(17)16-12-6-2-4-10(8-12)14(18)19/h9-12H,1-8,15H2,(H,16,17)(H,18,19). The number of carbonyl (C=O) groups excluding carboxylic acids is 1. The third kappa shape index (κ3) is 3.93. The monoisotopic (exact) mass is 268 g/mol. The third-order valence-electron chi connectivity index (χ3n) is 4.46. The summed E-state index contributed by atoms with van der Waals surface area (Å²) in [5.41, 5.74) is 5.90. The van der Waals surface area contributed by atoms with E-state index in [-0.39, 0.29) is 29.8 Å². The fraction of sp³-hybridized carbons (Fsp3) is 0.857. The number of hydrogen-bond donors (Lipinski definition) is 3. The molecule has 0 aromatic carbocycles. The average molecular weight is 268 g/mol. The predicted molar refractivity (Wildman–Crippen MR) is 71.5 cm³/mol. The number of nitrogens with one attached hydrogen (secondary N) is 1. The SMILES string of the molecule is NC1CCCC(C(=O)NC2CCCC(C(=O)O)C2)C1. The summed E-state index contributed by atoms with van der Waals surface area (Å²) in [6.45, 7) is 0. The minimum atomic E-state index is -0.737. The van der Waals surface area contributed by atoms with Gasteiger partial charge in [-0.2, -0.15) is 0 Å². The van der Waals surface area contributed by atoms with Crippen LogP contribution in [0.3, 0.4) is 0 Å². The van der Waals surface area contributed by atoms with Crippen LogP contribution in [0, 0.1) is 11.8 Å². The molecule has 4 N–H and O–H groups in total. The van der Waals surface area contributed by atoms with Crippen LogP contribution in [0.15, 0.2) is 0 Å². The Morgan fingerprint density at radius 1 is 1.00 bits per heavy atom. The quantitative estimate of drug-likeness (QED) is 0.718. The molecule has 4 unspecified atom stereocenters. The summed E-state index contributed by atoms with van der Waals surface area (Å²) >= 11 is 0. The van der Waals surface area contributed by atoms with E-state index < -0.39 is 5.97 Å². The van der Waals surface area contributed by atoms with Crippen molar-refractivity contribution in [2.24, 2.45) is 17.6 Å². The molecule has 19 heavy (non-hydrogen) atoms. The molecular weight excluding hydrogens is 244 g/mol. The van der Waals surface area contributed by atoms with Gasteiger partial charge in [-0.25, -0.2) is 0 Å². The molecule has 108 valence electrons. The highest BCUT2D eigenvalue weighted by Gasteiger charge is 2.31. The van der Waals surface area contributed by atoms with E-state index in [4.69, 9.17) is 10.8 Å². The first-order chi connectivity index (χ1) is 9.06. The maximum Gasteiger partial charge on any atom is 0.306 e. The van der Waals surface area contributed by atoms with Gasteiger partial charge in [-0.3, -0.25) is 9.59 Å². The lowest BCUT2D eigenvalue weighted by Gasteiger charge is -2.31. The maximum absolute atomic E-state index is 12.2. The van der Waals surface area contributed by atoms with Crippen molar-refractivity contribution in [2.45, 2.75) is 63.5 Å². The normalized spacial score (nSPS) is 35.6. The van der Waals surface area contributed by atoms with Crippen LogP contribution in [0.5, 0.6) is 0 Å². The number of carboxylic acids is 1. The van der Waals surface area contributed by atoms with E-state index >= 15 is 0 Å². The Bertz CT molecular complexity index is 346. The van der Waals surface area contributed by atoms with Gasteiger partial charge in [-0.15, -0.1) is 0 Å². The number of hydrogen-bond acceptors (Lipinski definition) is 3. The van der Waals surface area contributed by atoms with Gasteiger partial charge < -0.3 is 16.2 Å². The van der Waals surface area contributed by atoms with Gasteiger partial charge in [0.1, 0.15) is 0 Å². The number of aliphatic carboxylic acids is 1.